The van der Waals surface area contributed by atoms with Gasteiger partial charge in [-0.1, -0.05) is 23.2 Å². The molecule has 2 aliphatic heterocycles. The average Bonchev–Trinajstić information content (AvgIpc) is 2.84. The van der Waals surface area contributed by atoms with Crippen LogP contribution in [0, 0.1) is 0 Å². The molecule has 8 nitrogen and oxygen atoms in total. The van der Waals surface area contributed by atoms with Gasteiger partial charge in [-0.25, -0.2) is 9.97 Å². The van der Waals surface area contributed by atoms with Gasteiger partial charge in [-0.15, -0.1) is 0 Å². The van der Waals surface area contributed by atoms with Crippen LogP contribution in [-0.2, 0) is 9.47 Å². The maximum absolute atomic E-state index is 6.14. The van der Waals surface area contributed by atoms with Gasteiger partial charge in [0, 0.05) is 30.2 Å². The second-order valence-electron chi connectivity index (χ2n) is 7.99. The molecule has 3 aromatic rings. The predicted molar refractivity (Wildman–Crippen MR) is 127 cm³/mol. The smallest absolute Gasteiger partial charge is 0.163 e. The summed E-state index contributed by atoms with van der Waals surface area (Å²) in [6.45, 7) is 4.32. The maximum Gasteiger partial charge on any atom is 0.163 e. The lowest BCUT2D eigenvalue weighted by Gasteiger charge is -2.41. The Kier molecular flexibility index (Phi) is 6.71. The number of ether oxygens (including phenoxy) is 4. The molecular formula is C23H24Cl2N4O4. The first-order valence-corrected chi connectivity index (χ1v) is 11.5. The van der Waals surface area contributed by atoms with Gasteiger partial charge in [0.1, 0.15) is 24.9 Å². The molecule has 2 saturated heterocycles. The van der Waals surface area contributed by atoms with E-state index in [2.05, 4.69) is 20.2 Å². The zero-order valence-corrected chi connectivity index (χ0v) is 19.6. The molecule has 33 heavy (non-hydrogen) atoms. The average molecular weight is 491 g/mol. The van der Waals surface area contributed by atoms with E-state index in [9.17, 15) is 0 Å². The number of benzene rings is 2. The van der Waals surface area contributed by atoms with Crippen LogP contribution in [0.15, 0.2) is 36.7 Å². The molecule has 1 aromatic heterocycles. The number of nitrogens with one attached hydrogen (secondary N) is 1. The first kappa shape index (κ1) is 22.4. The molecule has 0 amide bonds. The van der Waals surface area contributed by atoms with Crippen LogP contribution in [0.2, 0.25) is 10.0 Å². The summed E-state index contributed by atoms with van der Waals surface area (Å²) >= 11 is 12.2. The second-order valence-corrected chi connectivity index (χ2v) is 8.80. The molecule has 0 aliphatic carbocycles. The van der Waals surface area contributed by atoms with Crippen LogP contribution in [0.5, 0.6) is 11.5 Å². The van der Waals surface area contributed by atoms with Gasteiger partial charge in [0.2, 0.25) is 0 Å². The van der Waals surface area contributed by atoms with Crippen molar-refractivity contribution in [3.05, 3.63) is 46.7 Å². The normalized spacial score (nSPS) is 20.9. The number of morpholine rings is 2. The molecule has 0 spiro atoms. The highest BCUT2D eigenvalue weighted by Crippen LogP contribution is 2.35. The largest absolute Gasteiger partial charge is 0.493 e. The molecule has 10 heteroatoms. The summed E-state index contributed by atoms with van der Waals surface area (Å²) in [7, 11) is 1.61. The molecule has 174 valence electrons. The lowest BCUT2D eigenvalue weighted by Crippen LogP contribution is -2.56. The Balaban J connectivity index is 1.34. The fourth-order valence-corrected chi connectivity index (χ4v) is 4.37. The van der Waals surface area contributed by atoms with E-state index in [4.69, 9.17) is 42.1 Å². The van der Waals surface area contributed by atoms with E-state index in [1.165, 1.54) is 6.33 Å². The first-order chi connectivity index (χ1) is 16.1. The molecule has 5 rings (SSSR count). The maximum atomic E-state index is 6.14. The van der Waals surface area contributed by atoms with Crippen molar-refractivity contribution >= 4 is 45.6 Å². The molecular weight excluding hydrogens is 467 g/mol. The van der Waals surface area contributed by atoms with Crippen molar-refractivity contribution in [3.8, 4) is 11.5 Å². The predicted octanol–water partition coefficient (Wildman–Crippen LogP) is 4.17. The van der Waals surface area contributed by atoms with E-state index >= 15 is 0 Å². The Bertz CT molecular complexity index is 1150. The van der Waals surface area contributed by atoms with Crippen LogP contribution < -0.4 is 14.8 Å². The second kappa shape index (κ2) is 9.87. The molecule has 2 atom stereocenters. The van der Waals surface area contributed by atoms with E-state index in [0.29, 0.717) is 46.6 Å². The zero-order valence-electron chi connectivity index (χ0n) is 18.1. The highest BCUT2D eigenvalue weighted by atomic mass is 35.5. The third-order valence-corrected chi connectivity index (χ3v) is 6.58. The van der Waals surface area contributed by atoms with Crippen molar-refractivity contribution in [1.82, 2.24) is 14.9 Å². The van der Waals surface area contributed by atoms with Crippen molar-refractivity contribution in [2.75, 3.05) is 51.9 Å². The van der Waals surface area contributed by atoms with E-state index in [1.807, 2.05) is 18.2 Å². The minimum atomic E-state index is -0.0166. The van der Waals surface area contributed by atoms with E-state index in [-0.39, 0.29) is 6.10 Å². The number of hydrogen-bond acceptors (Lipinski definition) is 8. The summed E-state index contributed by atoms with van der Waals surface area (Å²) < 4.78 is 23.3. The fourth-order valence-electron chi connectivity index (χ4n) is 4.07. The lowest BCUT2D eigenvalue weighted by atomic mass is 10.1. The quantitative estimate of drug-likeness (QED) is 0.551. The van der Waals surface area contributed by atoms with Crippen LogP contribution in [0.1, 0.15) is 0 Å². The van der Waals surface area contributed by atoms with Gasteiger partial charge in [-0.3, -0.25) is 4.90 Å². The highest BCUT2D eigenvalue weighted by Gasteiger charge is 2.31. The Morgan fingerprint density at radius 3 is 2.88 bits per heavy atom. The van der Waals surface area contributed by atoms with Crippen molar-refractivity contribution in [1.29, 1.82) is 0 Å². The molecule has 0 saturated carbocycles. The third-order valence-electron chi connectivity index (χ3n) is 5.84. The monoisotopic (exact) mass is 490 g/mol. The van der Waals surface area contributed by atoms with Crippen molar-refractivity contribution in [3.63, 3.8) is 0 Å². The molecule has 0 radical (unpaired) electrons. The van der Waals surface area contributed by atoms with E-state index in [0.717, 1.165) is 42.9 Å². The summed E-state index contributed by atoms with van der Waals surface area (Å²) in [5.41, 5.74) is 1.49. The Hall–Kier alpha value is -2.36. The first-order valence-electron chi connectivity index (χ1n) is 10.7. The number of aromatic nitrogens is 2. The van der Waals surface area contributed by atoms with Crippen LogP contribution in [-0.4, -0.2) is 73.6 Å². The number of halogens is 2. The Morgan fingerprint density at radius 1 is 1.12 bits per heavy atom. The minimum Gasteiger partial charge on any atom is -0.493 e. The standard InChI is InChI=1S/C23H24Cl2N4O4/c1-30-21-7-17-20(26-13-27-23(17)28-14-2-3-18(24)19(25)6-14)8-22(21)33-12-16-9-29-4-5-31-10-15(29)11-32-16/h2-3,6-8,13,15-16H,4-5,9-12H2,1H3,(H,26,27,28)/t15-,16+/m0/s1. The highest BCUT2D eigenvalue weighted by molar-refractivity contribution is 6.42. The van der Waals surface area contributed by atoms with Crippen molar-refractivity contribution in [2.24, 2.45) is 0 Å². The van der Waals surface area contributed by atoms with Crippen molar-refractivity contribution < 1.29 is 18.9 Å². The topological polar surface area (TPSA) is 78.0 Å². The number of methoxy groups -OCH3 is 1. The molecule has 0 bridgehead atoms. The van der Waals surface area contributed by atoms with Crippen LogP contribution in [0.25, 0.3) is 10.9 Å². The number of rotatable bonds is 6. The molecule has 0 unspecified atom stereocenters. The SMILES string of the molecule is COc1cc2c(Nc3ccc(Cl)c(Cl)c3)ncnc2cc1OC[C@H]1CN2CCOC[C@H]2CO1. The van der Waals surface area contributed by atoms with E-state index < -0.39 is 0 Å². The van der Waals surface area contributed by atoms with Crippen LogP contribution >= 0.6 is 23.2 Å². The van der Waals surface area contributed by atoms with Gasteiger partial charge in [0.15, 0.2) is 11.5 Å². The summed E-state index contributed by atoms with van der Waals surface area (Å²) in [6.07, 6.45) is 1.48. The van der Waals surface area contributed by atoms with Gasteiger partial charge in [-0.05, 0) is 24.3 Å². The number of hydrogen-bond donors (Lipinski definition) is 1. The van der Waals surface area contributed by atoms with Gasteiger partial charge >= 0.3 is 0 Å². The summed E-state index contributed by atoms with van der Waals surface area (Å²) in [5, 5.41) is 5.01. The van der Waals surface area contributed by atoms with E-state index in [1.54, 1.807) is 19.2 Å². The van der Waals surface area contributed by atoms with Crippen LogP contribution in [0.3, 0.4) is 0 Å². The number of anilines is 2. The van der Waals surface area contributed by atoms with Crippen molar-refractivity contribution in [2.45, 2.75) is 12.1 Å². The summed E-state index contributed by atoms with van der Waals surface area (Å²) in [6, 6.07) is 9.37. The molecule has 3 heterocycles. The molecule has 2 fully saturated rings. The minimum absolute atomic E-state index is 0.0166. The van der Waals surface area contributed by atoms with Gasteiger partial charge in [0.25, 0.3) is 0 Å². The number of nitrogens with zero attached hydrogens (tertiary/aromatic N) is 3. The summed E-state index contributed by atoms with van der Waals surface area (Å²) in [5.74, 6) is 1.82. The number of fused-ring (bicyclic) bond motifs is 2. The molecule has 1 N–H and O–H groups in total. The Labute approximate surface area is 201 Å². The molecule has 2 aromatic carbocycles. The fraction of sp³-hybridized carbons (Fsp3) is 0.391. The van der Waals surface area contributed by atoms with Gasteiger partial charge in [0.05, 0.1) is 48.5 Å². The van der Waals surface area contributed by atoms with Gasteiger partial charge < -0.3 is 24.3 Å². The third kappa shape index (κ3) is 4.95. The zero-order chi connectivity index (χ0) is 22.8. The summed E-state index contributed by atoms with van der Waals surface area (Å²) in [4.78, 5) is 11.2. The van der Waals surface area contributed by atoms with Gasteiger partial charge in [-0.2, -0.15) is 0 Å². The molecule has 2 aliphatic rings. The lowest BCUT2D eigenvalue weighted by molar-refractivity contribution is -0.124. The Morgan fingerprint density at radius 2 is 2.03 bits per heavy atom. The van der Waals surface area contributed by atoms with Crippen LogP contribution in [0.4, 0.5) is 11.5 Å².